The summed E-state index contributed by atoms with van der Waals surface area (Å²) in [5, 5.41) is 8.78. The van der Waals surface area contributed by atoms with E-state index in [9.17, 15) is 9.59 Å². The molecule has 2 rings (SSSR count). The zero-order chi connectivity index (χ0) is 19.5. The van der Waals surface area contributed by atoms with Gasteiger partial charge in [-0.1, -0.05) is 44.4 Å². The number of ether oxygens (including phenoxy) is 1. The van der Waals surface area contributed by atoms with E-state index in [0.717, 1.165) is 24.8 Å². The van der Waals surface area contributed by atoms with E-state index in [1.54, 1.807) is 60.7 Å². The topological polar surface area (TPSA) is 67.2 Å². The SMILES string of the molecule is CCCCCCC(=O)/C=C/c1ccc(OC(=O)c2ccc(C#N)cc2)cc1. The molecule has 0 radical (unpaired) electrons. The molecule has 0 atom stereocenters. The van der Waals surface area contributed by atoms with Gasteiger partial charge in [-0.05, 0) is 54.5 Å². The van der Waals surface area contributed by atoms with Gasteiger partial charge < -0.3 is 4.74 Å². The number of hydrogen-bond acceptors (Lipinski definition) is 4. The predicted octanol–water partition coefficient (Wildman–Crippen LogP) is 5.33. The van der Waals surface area contributed by atoms with E-state index in [1.165, 1.54) is 6.42 Å². The summed E-state index contributed by atoms with van der Waals surface area (Å²) >= 11 is 0. The van der Waals surface area contributed by atoms with E-state index in [1.807, 2.05) is 6.07 Å². The second-order valence-corrected chi connectivity index (χ2v) is 6.26. The Bertz CT molecular complexity index is 827. The summed E-state index contributed by atoms with van der Waals surface area (Å²) in [5.74, 6) is 0.0693. The van der Waals surface area contributed by atoms with Crippen molar-refractivity contribution < 1.29 is 14.3 Å². The lowest BCUT2D eigenvalue weighted by atomic mass is 10.1. The molecule has 27 heavy (non-hydrogen) atoms. The van der Waals surface area contributed by atoms with Crippen molar-refractivity contribution in [1.29, 1.82) is 5.26 Å². The molecule has 0 aliphatic rings. The minimum Gasteiger partial charge on any atom is -0.423 e. The van der Waals surface area contributed by atoms with Crippen molar-refractivity contribution in [1.82, 2.24) is 0 Å². The first-order valence-corrected chi connectivity index (χ1v) is 9.15. The first-order chi connectivity index (χ1) is 13.1. The van der Waals surface area contributed by atoms with Gasteiger partial charge in [0.2, 0.25) is 0 Å². The van der Waals surface area contributed by atoms with Crippen molar-refractivity contribution in [2.75, 3.05) is 0 Å². The Labute approximate surface area is 160 Å². The number of carbonyl (C=O) groups excluding carboxylic acids is 2. The largest absolute Gasteiger partial charge is 0.423 e. The Hall–Kier alpha value is -3.19. The lowest BCUT2D eigenvalue weighted by Gasteiger charge is -2.04. The molecule has 2 aromatic carbocycles. The number of hydrogen-bond donors (Lipinski definition) is 0. The Morgan fingerprint density at radius 2 is 1.70 bits per heavy atom. The molecule has 2 aromatic rings. The zero-order valence-electron chi connectivity index (χ0n) is 15.5. The van der Waals surface area contributed by atoms with E-state index in [-0.39, 0.29) is 5.78 Å². The Kier molecular flexibility index (Phi) is 7.99. The molecule has 0 spiro atoms. The fraction of sp³-hybridized carbons (Fsp3) is 0.261. The summed E-state index contributed by atoms with van der Waals surface area (Å²) in [6.07, 6.45) is 8.30. The van der Waals surface area contributed by atoms with Gasteiger partial charge in [0.15, 0.2) is 5.78 Å². The molecular formula is C23H23NO3. The van der Waals surface area contributed by atoms with Gasteiger partial charge >= 0.3 is 5.97 Å². The van der Waals surface area contributed by atoms with Crippen molar-refractivity contribution in [3.63, 3.8) is 0 Å². The second-order valence-electron chi connectivity index (χ2n) is 6.26. The maximum Gasteiger partial charge on any atom is 0.343 e. The standard InChI is InChI=1S/C23H23NO3/c1-2-3-4-5-6-21(25)14-9-18-10-15-22(16-11-18)27-23(26)20-12-7-19(17-24)8-13-20/h7-16H,2-6H2,1H3/b14-9+. The fourth-order valence-corrected chi connectivity index (χ4v) is 2.49. The highest BCUT2D eigenvalue weighted by Crippen LogP contribution is 2.16. The van der Waals surface area contributed by atoms with Gasteiger partial charge in [-0.2, -0.15) is 5.26 Å². The van der Waals surface area contributed by atoms with E-state index in [2.05, 4.69) is 6.92 Å². The highest BCUT2D eigenvalue weighted by molar-refractivity contribution is 5.93. The molecule has 138 valence electrons. The van der Waals surface area contributed by atoms with Gasteiger partial charge in [0.05, 0.1) is 17.2 Å². The van der Waals surface area contributed by atoms with Gasteiger partial charge in [0.1, 0.15) is 5.75 Å². The third-order valence-electron chi connectivity index (χ3n) is 4.08. The third-order valence-corrected chi connectivity index (χ3v) is 4.08. The Balaban J connectivity index is 1.87. The molecule has 0 N–H and O–H groups in total. The Morgan fingerprint density at radius 3 is 2.33 bits per heavy atom. The molecule has 0 saturated carbocycles. The number of esters is 1. The Morgan fingerprint density at radius 1 is 1.00 bits per heavy atom. The molecule has 0 amide bonds. The van der Waals surface area contributed by atoms with Crippen LogP contribution < -0.4 is 4.74 Å². The maximum absolute atomic E-state index is 12.1. The van der Waals surface area contributed by atoms with Crippen LogP contribution in [0.1, 0.15) is 60.5 Å². The molecule has 0 bridgehead atoms. The number of carbonyl (C=O) groups is 2. The van der Waals surface area contributed by atoms with Crippen molar-refractivity contribution >= 4 is 17.8 Å². The summed E-state index contributed by atoms with van der Waals surface area (Å²) in [6.45, 7) is 2.15. The number of allylic oxidation sites excluding steroid dienone is 1. The van der Waals surface area contributed by atoms with Crippen molar-refractivity contribution in [2.45, 2.75) is 39.0 Å². The lowest BCUT2D eigenvalue weighted by molar-refractivity contribution is -0.114. The first-order valence-electron chi connectivity index (χ1n) is 9.15. The minimum absolute atomic E-state index is 0.127. The van der Waals surface area contributed by atoms with Gasteiger partial charge in [-0.25, -0.2) is 4.79 Å². The normalized spacial score (nSPS) is 10.5. The molecule has 4 nitrogen and oxygen atoms in total. The number of rotatable bonds is 9. The van der Waals surface area contributed by atoms with Crippen LogP contribution in [0.25, 0.3) is 6.08 Å². The van der Waals surface area contributed by atoms with E-state index < -0.39 is 5.97 Å². The van der Waals surface area contributed by atoms with E-state index in [4.69, 9.17) is 10.00 Å². The van der Waals surface area contributed by atoms with Gasteiger partial charge in [0.25, 0.3) is 0 Å². The van der Waals surface area contributed by atoms with Crippen molar-refractivity contribution in [3.05, 3.63) is 71.3 Å². The van der Waals surface area contributed by atoms with Gasteiger partial charge in [-0.15, -0.1) is 0 Å². The van der Waals surface area contributed by atoms with Crippen LogP contribution in [0.5, 0.6) is 5.75 Å². The highest BCUT2D eigenvalue weighted by Gasteiger charge is 2.08. The lowest BCUT2D eigenvalue weighted by Crippen LogP contribution is -2.08. The number of nitriles is 1. The number of nitrogens with zero attached hydrogens (tertiary/aromatic N) is 1. The summed E-state index contributed by atoms with van der Waals surface area (Å²) < 4.78 is 5.32. The zero-order valence-corrected chi connectivity index (χ0v) is 15.5. The average molecular weight is 361 g/mol. The molecule has 0 aliphatic heterocycles. The second kappa shape index (κ2) is 10.7. The summed E-state index contributed by atoms with van der Waals surface area (Å²) in [5.41, 5.74) is 1.74. The molecule has 0 heterocycles. The predicted molar refractivity (Wildman–Crippen MR) is 105 cm³/mol. The van der Waals surface area contributed by atoms with Crippen LogP contribution in [0, 0.1) is 11.3 Å². The minimum atomic E-state index is -0.481. The summed E-state index contributed by atoms with van der Waals surface area (Å²) in [4.78, 5) is 23.9. The van der Waals surface area contributed by atoms with Crippen molar-refractivity contribution in [2.24, 2.45) is 0 Å². The molecule has 0 fully saturated rings. The van der Waals surface area contributed by atoms with Crippen LogP contribution in [-0.2, 0) is 4.79 Å². The summed E-state index contributed by atoms with van der Waals surface area (Å²) in [7, 11) is 0. The number of ketones is 1. The third kappa shape index (κ3) is 6.91. The van der Waals surface area contributed by atoms with Gasteiger partial charge in [0, 0.05) is 6.42 Å². The van der Waals surface area contributed by atoms with Gasteiger partial charge in [-0.3, -0.25) is 4.79 Å². The molecule has 0 aliphatic carbocycles. The molecule has 4 heteroatoms. The summed E-state index contributed by atoms with van der Waals surface area (Å²) in [6, 6.07) is 15.2. The highest BCUT2D eigenvalue weighted by atomic mass is 16.5. The quantitative estimate of drug-likeness (QED) is 0.262. The van der Waals surface area contributed by atoms with Crippen LogP contribution in [0.3, 0.4) is 0 Å². The van der Waals surface area contributed by atoms with E-state index >= 15 is 0 Å². The van der Waals surface area contributed by atoms with Crippen LogP contribution in [-0.4, -0.2) is 11.8 Å². The molecular weight excluding hydrogens is 338 g/mol. The molecule has 0 saturated heterocycles. The van der Waals surface area contributed by atoms with E-state index in [0.29, 0.717) is 23.3 Å². The average Bonchev–Trinajstić information content (AvgIpc) is 2.70. The van der Waals surface area contributed by atoms with Crippen molar-refractivity contribution in [3.8, 4) is 11.8 Å². The van der Waals surface area contributed by atoms with Crippen LogP contribution in [0.4, 0.5) is 0 Å². The molecule has 0 unspecified atom stereocenters. The number of unbranched alkanes of at least 4 members (excludes halogenated alkanes) is 3. The van der Waals surface area contributed by atoms with Crippen LogP contribution >= 0.6 is 0 Å². The fourth-order valence-electron chi connectivity index (χ4n) is 2.49. The number of benzene rings is 2. The maximum atomic E-state index is 12.1. The first kappa shape index (κ1) is 20.1. The van der Waals surface area contributed by atoms with Crippen LogP contribution in [0.15, 0.2) is 54.6 Å². The monoisotopic (exact) mass is 361 g/mol. The molecule has 0 aromatic heterocycles. The van der Waals surface area contributed by atoms with Crippen LogP contribution in [0.2, 0.25) is 0 Å². The smallest absolute Gasteiger partial charge is 0.343 e.